The minimum Gasteiger partial charge on any atom is -0.486 e. The highest BCUT2D eigenvalue weighted by Crippen LogP contribution is 2.39. The van der Waals surface area contributed by atoms with E-state index in [0.717, 1.165) is 35.2 Å². The fourth-order valence-corrected chi connectivity index (χ4v) is 3.81. The van der Waals surface area contributed by atoms with Crippen molar-refractivity contribution in [3.05, 3.63) is 58.9 Å². The summed E-state index contributed by atoms with van der Waals surface area (Å²) in [5.74, 6) is 0.521. The Morgan fingerprint density at radius 2 is 2.07 bits per heavy atom. The molecule has 1 unspecified atom stereocenters. The van der Waals surface area contributed by atoms with E-state index in [1.165, 1.54) is 6.33 Å². The summed E-state index contributed by atoms with van der Waals surface area (Å²) in [4.78, 5) is 20.7. The summed E-state index contributed by atoms with van der Waals surface area (Å²) < 4.78 is 7.61. The molecule has 8 heteroatoms. The van der Waals surface area contributed by atoms with Crippen LogP contribution in [0.1, 0.15) is 35.1 Å². The van der Waals surface area contributed by atoms with Crippen molar-refractivity contribution in [1.29, 1.82) is 0 Å². The van der Waals surface area contributed by atoms with Crippen molar-refractivity contribution in [3.8, 4) is 16.9 Å². The maximum absolute atomic E-state index is 12.6. The molecule has 7 nitrogen and oxygen atoms in total. The lowest BCUT2D eigenvalue weighted by molar-refractivity contribution is 0.0924. The molecule has 1 aromatic carbocycles. The second-order valence-electron chi connectivity index (χ2n) is 7.12. The molecule has 1 aliphatic heterocycles. The molecule has 0 spiro atoms. The van der Waals surface area contributed by atoms with Crippen LogP contribution in [0.15, 0.2) is 36.9 Å². The largest absolute Gasteiger partial charge is 0.486 e. The molecule has 1 amide bonds. The number of rotatable bonds is 6. The van der Waals surface area contributed by atoms with Gasteiger partial charge in [-0.1, -0.05) is 24.9 Å². The summed E-state index contributed by atoms with van der Waals surface area (Å²) in [5, 5.41) is 7.88. The zero-order valence-electron chi connectivity index (χ0n) is 16.4. The number of aromatic nitrogens is 4. The monoisotopic (exact) mass is 411 g/mol. The number of nitrogens with zero attached hydrogens (tertiary/aromatic N) is 4. The standard InChI is InChI=1S/C21H22ClN5O2/c1-3-4-16-8-19(27(2)26-16)21(28)25-11-17-6-14-5-13(7-18(22)20(14)29-17)15-9-23-12-24-10-15/h5,7-10,12,17H,3-4,6,11H2,1-2H3,(H,25,28). The van der Waals surface area contributed by atoms with Gasteiger partial charge in [0.1, 0.15) is 23.9 Å². The van der Waals surface area contributed by atoms with E-state index in [4.69, 9.17) is 16.3 Å². The molecule has 1 atom stereocenters. The molecule has 1 N–H and O–H groups in total. The molecule has 150 valence electrons. The lowest BCUT2D eigenvalue weighted by Crippen LogP contribution is -2.35. The Morgan fingerprint density at radius 3 is 2.83 bits per heavy atom. The molecule has 4 rings (SSSR count). The second kappa shape index (κ2) is 8.21. The number of nitrogens with one attached hydrogen (secondary N) is 1. The van der Waals surface area contributed by atoms with Gasteiger partial charge in [0.15, 0.2) is 0 Å². The summed E-state index contributed by atoms with van der Waals surface area (Å²) >= 11 is 6.44. The Hall–Kier alpha value is -2.93. The van der Waals surface area contributed by atoms with Gasteiger partial charge in [0.05, 0.1) is 17.3 Å². The molecule has 0 radical (unpaired) electrons. The van der Waals surface area contributed by atoms with Crippen LogP contribution in [0.25, 0.3) is 11.1 Å². The summed E-state index contributed by atoms with van der Waals surface area (Å²) in [7, 11) is 1.78. The first-order valence-electron chi connectivity index (χ1n) is 9.60. The van der Waals surface area contributed by atoms with Crippen LogP contribution < -0.4 is 10.1 Å². The van der Waals surface area contributed by atoms with Crippen molar-refractivity contribution in [2.24, 2.45) is 7.05 Å². The Morgan fingerprint density at radius 1 is 1.28 bits per heavy atom. The molecule has 3 heterocycles. The van der Waals surface area contributed by atoms with Crippen LogP contribution in [0.4, 0.5) is 0 Å². The SMILES string of the molecule is CCCc1cc(C(=O)NCC2Cc3cc(-c4cncnc4)cc(Cl)c3O2)n(C)n1. The highest BCUT2D eigenvalue weighted by atomic mass is 35.5. The Kier molecular flexibility index (Phi) is 5.49. The van der Waals surface area contributed by atoms with Crippen LogP contribution in [0.2, 0.25) is 5.02 Å². The Labute approximate surface area is 174 Å². The fraction of sp³-hybridized carbons (Fsp3) is 0.333. The van der Waals surface area contributed by atoms with Crippen LogP contribution in [-0.4, -0.2) is 38.3 Å². The molecule has 0 aliphatic carbocycles. The highest BCUT2D eigenvalue weighted by molar-refractivity contribution is 6.32. The first kappa shape index (κ1) is 19.4. The Balaban J connectivity index is 1.42. The summed E-state index contributed by atoms with van der Waals surface area (Å²) in [6.45, 7) is 2.48. The minimum absolute atomic E-state index is 0.157. The van der Waals surface area contributed by atoms with Crippen LogP contribution in [0.3, 0.4) is 0 Å². The van der Waals surface area contributed by atoms with Crippen molar-refractivity contribution in [2.45, 2.75) is 32.3 Å². The molecule has 0 saturated heterocycles. The van der Waals surface area contributed by atoms with E-state index in [1.807, 2.05) is 18.2 Å². The molecule has 0 bridgehead atoms. The van der Waals surface area contributed by atoms with Crippen LogP contribution in [0, 0.1) is 0 Å². The van der Waals surface area contributed by atoms with Crippen molar-refractivity contribution in [2.75, 3.05) is 6.54 Å². The first-order valence-corrected chi connectivity index (χ1v) is 9.98. The zero-order valence-corrected chi connectivity index (χ0v) is 17.1. The average Bonchev–Trinajstić information content (AvgIpc) is 3.30. The predicted molar refractivity (Wildman–Crippen MR) is 110 cm³/mol. The minimum atomic E-state index is -0.169. The van der Waals surface area contributed by atoms with Gasteiger partial charge in [-0.05, 0) is 30.2 Å². The number of carbonyl (C=O) groups excluding carboxylic acids is 1. The first-order chi connectivity index (χ1) is 14.0. The Bertz CT molecular complexity index is 1040. The molecule has 3 aromatic rings. The molecule has 1 aliphatic rings. The normalized spacial score (nSPS) is 15.1. The number of carbonyl (C=O) groups is 1. The van der Waals surface area contributed by atoms with E-state index in [-0.39, 0.29) is 12.0 Å². The van der Waals surface area contributed by atoms with Crippen LogP contribution in [0.5, 0.6) is 5.75 Å². The number of aryl methyl sites for hydroxylation is 2. The summed E-state index contributed by atoms with van der Waals surface area (Å²) in [5.41, 5.74) is 4.33. The maximum atomic E-state index is 12.6. The maximum Gasteiger partial charge on any atom is 0.269 e. The number of halogens is 1. The van der Waals surface area contributed by atoms with E-state index < -0.39 is 0 Å². The van der Waals surface area contributed by atoms with Gasteiger partial charge in [0.25, 0.3) is 5.91 Å². The van der Waals surface area contributed by atoms with Crippen molar-refractivity contribution in [1.82, 2.24) is 25.1 Å². The molecular formula is C21H22ClN5O2. The quantitative estimate of drug-likeness (QED) is 0.673. The average molecular weight is 412 g/mol. The van der Waals surface area contributed by atoms with Gasteiger partial charge in [-0.25, -0.2) is 9.97 Å². The van der Waals surface area contributed by atoms with E-state index >= 15 is 0 Å². The van der Waals surface area contributed by atoms with E-state index in [1.54, 1.807) is 24.1 Å². The number of hydrogen-bond acceptors (Lipinski definition) is 5. The second-order valence-corrected chi connectivity index (χ2v) is 7.53. The third-order valence-electron chi connectivity index (χ3n) is 4.91. The number of amides is 1. The fourth-order valence-electron chi connectivity index (χ4n) is 3.53. The third-order valence-corrected chi connectivity index (χ3v) is 5.19. The lowest BCUT2D eigenvalue weighted by Gasteiger charge is -2.12. The zero-order chi connectivity index (χ0) is 20.4. The van der Waals surface area contributed by atoms with E-state index in [2.05, 4.69) is 27.3 Å². The van der Waals surface area contributed by atoms with Gasteiger partial charge in [-0.2, -0.15) is 5.10 Å². The van der Waals surface area contributed by atoms with E-state index in [0.29, 0.717) is 29.4 Å². The van der Waals surface area contributed by atoms with Crippen molar-refractivity contribution < 1.29 is 9.53 Å². The van der Waals surface area contributed by atoms with Crippen LogP contribution >= 0.6 is 11.6 Å². The summed E-state index contributed by atoms with van der Waals surface area (Å²) in [6.07, 6.45) is 7.34. The lowest BCUT2D eigenvalue weighted by atomic mass is 10.0. The van der Waals surface area contributed by atoms with Crippen molar-refractivity contribution >= 4 is 17.5 Å². The van der Waals surface area contributed by atoms with Gasteiger partial charge < -0.3 is 10.1 Å². The number of hydrogen-bond donors (Lipinski definition) is 1. The number of benzene rings is 1. The van der Waals surface area contributed by atoms with Gasteiger partial charge in [-0.15, -0.1) is 0 Å². The van der Waals surface area contributed by atoms with Crippen molar-refractivity contribution in [3.63, 3.8) is 0 Å². The molecule has 0 saturated carbocycles. The van der Waals surface area contributed by atoms with Gasteiger partial charge in [-0.3, -0.25) is 9.48 Å². The molecule has 29 heavy (non-hydrogen) atoms. The summed E-state index contributed by atoms with van der Waals surface area (Å²) in [6, 6.07) is 5.74. The predicted octanol–water partition coefficient (Wildman–Crippen LogP) is 3.22. The number of ether oxygens (including phenoxy) is 1. The van der Waals surface area contributed by atoms with E-state index in [9.17, 15) is 4.79 Å². The smallest absolute Gasteiger partial charge is 0.269 e. The molecule has 0 fully saturated rings. The topological polar surface area (TPSA) is 81.9 Å². The number of fused-ring (bicyclic) bond motifs is 1. The third kappa shape index (κ3) is 4.10. The highest BCUT2D eigenvalue weighted by Gasteiger charge is 2.27. The van der Waals surface area contributed by atoms with Gasteiger partial charge in [0, 0.05) is 37.0 Å². The van der Waals surface area contributed by atoms with Gasteiger partial charge >= 0.3 is 0 Å². The molecular weight excluding hydrogens is 390 g/mol. The molecule has 2 aromatic heterocycles. The van der Waals surface area contributed by atoms with Gasteiger partial charge in [0.2, 0.25) is 0 Å². The van der Waals surface area contributed by atoms with Crippen LogP contribution in [-0.2, 0) is 19.9 Å².